The number of ketones is 1. The molecule has 1 aromatic carbocycles. The molecule has 0 radical (unpaired) electrons. The first-order chi connectivity index (χ1) is 13.7. The Hall–Kier alpha value is -2.58. The van der Waals surface area contributed by atoms with Crippen LogP contribution in [0.5, 0.6) is 5.75 Å². The Morgan fingerprint density at radius 2 is 2.18 bits per heavy atom. The fourth-order valence-corrected chi connectivity index (χ4v) is 4.05. The molecule has 0 aliphatic carbocycles. The van der Waals surface area contributed by atoms with Crippen molar-refractivity contribution in [2.75, 3.05) is 19.5 Å². The number of hydrogen-bond donors (Lipinski definition) is 1. The predicted octanol–water partition coefficient (Wildman–Crippen LogP) is 3.44. The summed E-state index contributed by atoms with van der Waals surface area (Å²) in [5.41, 5.74) is 1.56. The minimum Gasteiger partial charge on any atom is -0.497 e. The third-order valence-electron chi connectivity index (χ3n) is 4.71. The van der Waals surface area contributed by atoms with Gasteiger partial charge < -0.3 is 14.5 Å². The summed E-state index contributed by atoms with van der Waals surface area (Å²) in [5, 5.41) is 9.48. The van der Waals surface area contributed by atoms with Gasteiger partial charge in [0.2, 0.25) is 0 Å². The van der Waals surface area contributed by atoms with E-state index in [0.717, 1.165) is 41.7 Å². The van der Waals surface area contributed by atoms with Crippen LogP contribution >= 0.6 is 11.8 Å². The van der Waals surface area contributed by atoms with E-state index in [9.17, 15) is 4.79 Å². The number of Topliss-reactive ketones (excluding diaryl/α,β-unsaturated/α-hetero) is 1. The maximum absolute atomic E-state index is 12.3. The quantitative estimate of drug-likeness (QED) is 0.462. The number of ether oxygens (including phenoxy) is 2. The number of hydrogen-bond acceptors (Lipinski definition) is 6. The number of nitrogens with zero attached hydrogens (tertiary/aromatic N) is 3. The van der Waals surface area contributed by atoms with Gasteiger partial charge >= 0.3 is 0 Å². The van der Waals surface area contributed by atoms with Gasteiger partial charge in [-0.15, -0.1) is 10.2 Å². The van der Waals surface area contributed by atoms with Gasteiger partial charge in [-0.1, -0.05) is 11.8 Å². The standard InChI is InChI=1S/C20H22N4O3S/c1-26-15-8-6-14(7-9-15)19-22-23-20(24(19)12-16-4-3-11-27-16)28-13-18(25)17-5-2-10-21-17/h2,5-10,16,21H,3-4,11-13H2,1H3/t16-/m0/s1. The van der Waals surface area contributed by atoms with E-state index in [1.54, 1.807) is 19.4 Å². The van der Waals surface area contributed by atoms with Gasteiger partial charge in [-0.05, 0) is 49.2 Å². The molecule has 146 valence electrons. The van der Waals surface area contributed by atoms with Crippen LogP contribution in [0.2, 0.25) is 0 Å². The lowest BCUT2D eigenvalue weighted by Gasteiger charge is -2.14. The van der Waals surface area contributed by atoms with Crippen molar-refractivity contribution in [1.29, 1.82) is 0 Å². The van der Waals surface area contributed by atoms with Crippen LogP contribution in [0.4, 0.5) is 0 Å². The van der Waals surface area contributed by atoms with Gasteiger partial charge in [-0.3, -0.25) is 9.36 Å². The van der Waals surface area contributed by atoms with Crippen LogP contribution in [-0.4, -0.2) is 51.1 Å². The molecule has 0 spiro atoms. The molecule has 8 heteroatoms. The molecule has 2 aromatic heterocycles. The summed E-state index contributed by atoms with van der Waals surface area (Å²) < 4.78 is 13.1. The maximum Gasteiger partial charge on any atom is 0.192 e. The average molecular weight is 398 g/mol. The van der Waals surface area contributed by atoms with Gasteiger partial charge in [-0.2, -0.15) is 0 Å². The Morgan fingerprint density at radius 1 is 1.32 bits per heavy atom. The highest BCUT2D eigenvalue weighted by molar-refractivity contribution is 7.99. The number of rotatable bonds is 8. The van der Waals surface area contributed by atoms with E-state index >= 15 is 0 Å². The molecule has 0 amide bonds. The molecule has 1 N–H and O–H groups in total. The molecular weight excluding hydrogens is 376 g/mol. The fraction of sp³-hybridized carbons (Fsp3) is 0.350. The molecule has 0 saturated carbocycles. The van der Waals surface area contributed by atoms with Crippen molar-refractivity contribution in [1.82, 2.24) is 19.7 Å². The normalized spacial score (nSPS) is 16.4. The Morgan fingerprint density at radius 3 is 2.86 bits per heavy atom. The Kier molecular flexibility index (Phi) is 5.78. The predicted molar refractivity (Wildman–Crippen MR) is 107 cm³/mol. The number of carbonyl (C=O) groups is 1. The zero-order chi connectivity index (χ0) is 19.3. The molecule has 7 nitrogen and oxygen atoms in total. The van der Waals surface area contributed by atoms with Gasteiger partial charge in [0, 0.05) is 18.4 Å². The van der Waals surface area contributed by atoms with Crippen molar-refractivity contribution in [2.45, 2.75) is 30.6 Å². The van der Waals surface area contributed by atoms with Crippen LogP contribution in [0.15, 0.2) is 47.8 Å². The molecule has 0 bridgehead atoms. The smallest absolute Gasteiger partial charge is 0.192 e. The van der Waals surface area contributed by atoms with Crippen LogP contribution in [-0.2, 0) is 11.3 Å². The van der Waals surface area contributed by atoms with E-state index in [1.165, 1.54) is 11.8 Å². The first-order valence-electron chi connectivity index (χ1n) is 9.23. The Balaban J connectivity index is 1.57. The monoisotopic (exact) mass is 398 g/mol. The highest BCUT2D eigenvalue weighted by atomic mass is 32.2. The number of thioether (sulfide) groups is 1. The molecule has 1 saturated heterocycles. The first kappa shape index (κ1) is 18.8. The maximum atomic E-state index is 12.3. The van der Waals surface area contributed by atoms with E-state index in [-0.39, 0.29) is 11.9 Å². The van der Waals surface area contributed by atoms with Crippen molar-refractivity contribution < 1.29 is 14.3 Å². The first-order valence-corrected chi connectivity index (χ1v) is 10.2. The summed E-state index contributed by atoms with van der Waals surface area (Å²) >= 11 is 1.40. The second-order valence-electron chi connectivity index (χ2n) is 6.58. The van der Waals surface area contributed by atoms with E-state index in [1.807, 2.05) is 30.3 Å². The third-order valence-corrected chi connectivity index (χ3v) is 5.67. The van der Waals surface area contributed by atoms with Gasteiger partial charge in [-0.25, -0.2) is 0 Å². The summed E-state index contributed by atoms with van der Waals surface area (Å²) in [7, 11) is 1.64. The number of aromatic nitrogens is 4. The van der Waals surface area contributed by atoms with Crippen molar-refractivity contribution >= 4 is 17.5 Å². The second kappa shape index (κ2) is 8.62. The van der Waals surface area contributed by atoms with Gasteiger partial charge in [0.25, 0.3) is 0 Å². The largest absolute Gasteiger partial charge is 0.497 e. The molecule has 0 unspecified atom stereocenters. The van der Waals surface area contributed by atoms with Gasteiger partial charge in [0.05, 0.1) is 31.2 Å². The van der Waals surface area contributed by atoms with Crippen LogP contribution in [0, 0.1) is 0 Å². The minimum absolute atomic E-state index is 0.0349. The van der Waals surface area contributed by atoms with Crippen LogP contribution in [0.1, 0.15) is 23.3 Å². The highest BCUT2D eigenvalue weighted by Gasteiger charge is 2.22. The lowest BCUT2D eigenvalue weighted by Crippen LogP contribution is -2.17. The third kappa shape index (κ3) is 4.13. The lowest BCUT2D eigenvalue weighted by molar-refractivity contribution is 0.0953. The summed E-state index contributed by atoms with van der Waals surface area (Å²) in [4.78, 5) is 15.3. The number of benzene rings is 1. The topological polar surface area (TPSA) is 82.0 Å². The van der Waals surface area contributed by atoms with Crippen molar-refractivity contribution in [2.24, 2.45) is 0 Å². The lowest BCUT2D eigenvalue weighted by atomic mass is 10.2. The molecule has 3 heterocycles. The molecule has 1 aliphatic heterocycles. The summed E-state index contributed by atoms with van der Waals surface area (Å²) in [5.74, 6) is 1.90. The molecule has 4 rings (SSSR count). The molecule has 3 aromatic rings. The van der Waals surface area contributed by atoms with E-state index in [2.05, 4.69) is 19.7 Å². The summed E-state index contributed by atoms with van der Waals surface area (Å²) in [6, 6.07) is 11.3. The number of H-pyrrole nitrogens is 1. The van der Waals surface area contributed by atoms with E-state index in [0.29, 0.717) is 18.0 Å². The van der Waals surface area contributed by atoms with Crippen molar-refractivity contribution in [3.63, 3.8) is 0 Å². The number of aromatic amines is 1. The van der Waals surface area contributed by atoms with Crippen LogP contribution < -0.4 is 4.74 Å². The molecular formula is C20H22N4O3S. The fourth-order valence-electron chi connectivity index (χ4n) is 3.22. The Bertz CT molecular complexity index is 916. The molecule has 1 aliphatic rings. The van der Waals surface area contributed by atoms with Crippen molar-refractivity contribution in [3.8, 4) is 17.1 Å². The highest BCUT2D eigenvalue weighted by Crippen LogP contribution is 2.28. The van der Waals surface area contributed by atoms with E-state index in [4.69, 9.17) is 9.47 Å². The number of nitrogens with one attached hydrogen (secondary N) is 1. The zero-order valence-electron chi connectivity index (χ0n) is 15.6. The summed E-state index contributed by atoms with van der Waals surface area (Å²) in [6.45, 7) is 1.46. The van der Waals surface area contributed by atoms with Gasteiger partial charge in [0.1, 0.15) is 5.75 Å². The van der Waals surface area contributed by atoms with Crippen LogP contribution in [0.25, 0.3) is 11.4 Å². The molecule has 1 fully saturated rings. The zero-order valence-corrected chi connectivity index (χ0v) is 16.4. The van der Waals surface area contributed by atoms with Crippen LogP contribution in [0.3, 0.4) is 0 Å². The number of carbonyl (C=O) groups excluding carboxylic acids is 1. The molecule has 28 heavy (non-hydrogen) atoms. The second-order valence-corrected chi connectivity index (χ2v) is 7.52. The van der Waals surface area contributed by atoms with Gasteiger partial charge in [0.15, 0.2) is 16.8 Å². The van der Waals surface area contributed by atoms with E-state index < -0.39 is 0 Å². The Labute approximate surface area is 167 Å². The SMILES string of the molecule is COc1ccc(-c2nnc(SCC(=O)c3ccc[nH]3)n2C[C@@H]2CCCO2)cc1. The summed E-state index contributed by atoms with van der Waals surface area (Å²) in [6.07, 6.45) is 3.98. The van der Waals surface area contributed by atoms with Crippen molar-refractivity contribution in [3.05, 3.63) is 48.3 Å². The minimum atomic E-state index is 0.0349. The number of methoxy groups -OCH3 is 1. The average Bonchev–Trinajstić information content (AvgIpc) is 3.49. The molecule has 1 atom stereocenters.